The Morgan fingerprint density at radius 1 is 1.10 bits per heavy atom. The lowest BCUT2D eigenvalue weighted by molar-refractivity contribution is -0.115. The van der Waals surface area contributed by atoms with Gasteiger partial charge in [0.1, 0.15) is 5.82 Å². The number of carbonyl (C=O) groups is 1. The Hall–Kier alpha value is -3.18. The van der Waals surface area contributed by atoms with Crippen molar-refractivity contribution in [3.8, 4) is 22.7 Å². The maximum absolute atomic E-state index is 13.8. The molecule has 0 aliphatic rings. The van der Waals surface area contributed by atoms with E-state index in [4.69, 9.17) is 4.42 Å². The Labute approximate surface area is 182 Å². The first-order valence-corrected chi connectivity index (χ1v) is 10.6. The van der Waals surface area contributed by atoms with Gasteiger partial charge in [0, 0.05) is 10.9 Å². The van der Waals surface area contributed by atoms with Crippen molar-refractivity contribution in [2.45, 2.75) is 17.4 Å². The number of anilines is 1. The van der Waals surface area contributed by atoms with Crippen molar-refractivity contribution in [1.82, 2.24) is 15.2 Å². The number of halogens is 3. The number of benzene rings is 2. The fraction of sp³-hybridized carbons (Fsp3) is 0.100. The molecule has 2 aromatic heterocycles. The number of thiazole rings is 1. The number of hydrogen-bond donors (Lipinski definition) is 1. The highest BCUT2D eigenvalue weighted by Crippen LogP contribution is 2.29. The molecule has 11 heteroatoms. The van der Waals surface area contributed by atoms with E-state index in [-0.39, 0.29) is 22.6 Å². The Morgan fingerprint density at radius 2 is 1.90 bits per heavy atom. The average Bonchev–Trinajstić information content (AvgIpc) is 3.40. The highest BCUT2D eigenvalue weighted by Gasteiger charge is 2.21. The van der Waals surface area contributed by atoms with Crippen LogP contribution in [0.5, 0.6) is 0 Å². The van der Waals surface area contributed by atoms with Crippen molar-refractivity contribution in [2.75, 3.05) is 5.32 Å². The van der Waals surface area contributed by atoms with Crippen molar-refractivity contribution < 1.29 is 22.4 Å². The third kappa shape index (κ3) is 4.78. The molecular formula is C20H13F3N4O2S2. The largest absolute Gasteiger partial charge is 0.411 e. The first-order valence-electron chi connectivity index (χ1n) is 8.87. The second kappa shape index (κ2) is 8.90. The van der Waals surface area contributed by atoms with Gasteiger partial charge in [0.15, 0.2) is 16.8 Å². The van der Waals surface area contributed by atoms with Crippen LogP contribution in [-0.4, -0.2) is 26.3 Å². The average molecular weight is 462 g/mol. The van der Waals surface area contributed by atoms with Crippen LogP contribution >= 0.6 is 23.1 Å². The molecule has 2 aromatic carbocycles. The number of aromatic nitrogens is 3. The normalized spacial score (nSPS) is 12.0. The van der Waals surface area contributed by atoms with Crippen molar-refractivity contribution >= 4 is 34.1 Å². The van der Waals surface area contributed by atoms with Gasteiger partial charge >= 0.3 is 0 Å². The van der Waals surface area contributed by atoms with Crippen LogP contribution in [-0.2, 0) is 4.79 Å². The number of rotatable bonds is 6. The van der Waals surface area contributed by atoms with E-state index in [1.54, 1.807) is 24.4 Å². The van der Waals surface area contributed by atoms with Crippen LogP contribution in [0.25, 0.3) is 22.7 Å². The summed E-state index contributed by atoms with van der Waals surface area (Å²) in [7, 11) is 0. The number of nitrogens with zero attached hydrogens (tertiary/aromatic N) is 3. The molecule has 1 N–H and O–H groups in total. The van der Waals surface area contributed by atoms with E-state index in [2.05, 4.69) is 20.5 Å². The Balaban J connectivity index is 1.40. The molecule has 0 saturated heterocycles. The van der Waals surface area contributed by atoms with Crippen molar-refractivity contribution in [3.05, 3.63) is 65.3 Å². The smallest absolute Gasteiger partial charge is 0.277 e. The second-order valence-electron chi connectivity index (χ2n) is 6.27. The van der Waals surface area contributed by atoms with Gasteiger partial charge in [0.2, 0.25) is 5.91 Å². The van der Waals surface area contributed by atoms with E-state index in [0.29, 0.717) is 16.4 Å². The van der Waals surface area contributed by atoms with Crippen LogP contribution in [0, 0.1) is 17.5 Å². The van der Waals surface area contributed by atoms with Gasteiger partial charge in [0.05, 0.1) is 16.5 Å². The number of hydrogen-bond acceptors (Lipinski definition) is 7. The van der Waals surface area contributed by atoms with Crippen LogP contribution in [0.1, 0.15) is 6.92 Å². The van der Waals surface area contributed by atoms with Crippen molar-refractivity contribution in [3.63, 3.8) is 0 Å². The molecule has 31 heavy (non-hydrogen) atoms. The summed E-state index contributed by atoms with van der Waals surface area (Å²) in [5.41, 5.74) is 0.974. The van der Waals surface area contributed by atoms with Gasteiger partial charge in [-0.05, 0) is 37.3 Å². The molecule has 158 valence electrons. The summed E-state index contributed by atoms with van der Waals surface area (Å²) < 4.78 is 45.8. The third-order valence-corrected chi connectivity index (χ3v) is 5.80. The summed E-state index contributed by atoms with van der Waals surface area (Å²) in [6.07, 6.45) is 0. The predicted molar refractivity (Wildman–Crippen MR) is 111 cm³/mol. The molecule has 0 fully saturated rings. The standard InChI is InChI=1S/C20H13F3N4O2S2/c1-10(31-20-27-26-18(29-20)12-4-2-3-5-13(12)21)17(28)25-19-24-16(9-30-19)11-6-7-14(22)15(23)8-11/h2-10H,1H3,(H,24,25,28). The molecule has 6 nitrogen and oxygen atoms in total. The zero-order chi connectivity index (χ0) is 22.0. The second-order valence-corrected chi connectivity index (χ2v) is 8.42. The quantitative estimate of drug-likeness (QED) is 0.387. The Bertz CT molecular complexity index is 1240. The maximum atomic E-state index is 13.8. The molecule has 0 radical (unpaired) electrons. The lowest BCUT2D eigenvalue weighted by Gasteiger charge is -2.07. The van der Waals surface area contributed by atoms with Gasteiger partial charge < -0.3 is 9.73 Å². The molecule has 0 aliphatic heterocycles. The SMILES string of the molecule is CC(Sc1nnc(-c2ccccc2F)o1)C(=O)Nc1nc(-c2ccc(F)c(F)c2)cs1. The van der Waals surface area contributed by atoms with E-state index < -0.39 is 22.7 Å². The molecule has 0 saturated carbocycles. The number of nitrogens with one attached hydrogen (secondary N) is 1. The van der Waals surface area contributed by atoms with Gasteiger partial charge in [0.25, 0.3) is 11.1 Å². The van der Waals surface area contributed by atoms with Gasteiger partial charge in [-0.15, -0.1) is 21.5 Å². The topological polar surface area (TPSA) is 80.9 Å². The first-order chi connectivity index (χ1) is 14.9. The van der Waals surface area contributed by atoms with Gasteiger partial charge in [-0.25, -0.2) is 18.2 Å². The summed E-state index contributed by atoms with van der Waals surface area (Å²) in [6.45, 7) is 1.64. The Morgan fingerprint density at radius 3 is 2.68 bits per heavy atom. The van der Waals surface area contributed by atoms with Gasteiger partial charge in [-0.2, -0.15) is 0 Å². The van der Waals surface area contributed by atoms with Crippen LogP contribution in [0.4, 0.5) is 18.3 Å². The molecule has 4 aromatic rings. The monoisotopic (exact) mass is 462 g/mol. The highest BCUT2D eigenvalue weighted by molar-refractivity contribution is 8.00. The molecule has 1 unspecified atom stereocenters. The molecule has 4 rings (SSSR count). The van der Waals surface area contributed by atoms with Crippen molar-refractivity contribution in [1.29, 1.82) is 0 Å². The predicted octanol–water partition coefficient (Wildman–Crippen LogP) is 5.40. The maximum Gasteiger partial charge on any atom is 0.277 e. The zero-order valence-corrected chi connectivity index (χ0v) is 17.4. The molecule has 0 aliphatic carbocycles. The summed E-state index contributed by atoms with van der Waals surface area (Å²) in [6, 6.07) is 9.45. The summed E-state index contributed by atoms with van der Waals surface area (Å²) in [5, 5.41) is 11.7. The summed E-state index contributed by atoms with van der Waals surface area (Å²) in [5.74, 6) is -2.77. The van der Waals surface area contributed by atoms with Crippen LogP contribution in [0.15, 0.2) is 57.5 Å². The molecular weight excluding hydrogens is 449 g/mol. The van der Waals surface area contributed by atoms with Gasteiger partial charge in [-0.1, -0.05) is 23.9 Å². The minimum Gasteiger partial charge on any atom is -0.411 e. The molecule has 1 atom stereocenters. The number of thioether (sulfide) groups is 1. The van der Waals surface area contributed by atoms with Crippen LogP contribution < -0.4 is 5.32 Å². The van der Waals surface area contributed by atoms with Crippen LogP contribution in [0.2, 0.25) is 0 Å². The summed E-state index contributed by atoms with van der Waals surface area (Å²) >= 11 is 2.16. The van der Waals surface area contributed by atoms with E-state index in [1.165, 1.54) is 18.2 Å². The fourth-order valence-electron chi connectivity index (χ4n) is 2.53. The number of amides is 1. The third-order valence-electron chi connectivity index (χ3n) is 4.11. The minimum absolute atomic E-state index is 0.0179. The van der Waals surface area contributed by atoms with E-state index in [9.17, 15) is 18.0 Å². The first kappa shape index (κ1) is 21.1. The lowest BCUT2D eigenvalue weighted by Crippen LogP contribution is -2.22. The van der Waals surface area contributed by atoms with E-state index in [0.717, 1.165) is 35.2 Å². The minimum atomic E-state index is -0.976. The molecule has 0 spiro atoms. The fourth-order valence-corrected chi connectivity index (χ4v) is 3.94. The van der Waals surface area contributed by atoms with Gasteiger partial charge in [-0.3, -0.25) is 4.79 Å². The van der Waals surface area contributed by atoms with Crippen LogP contribution in [0.3, 0.4) is 0 Å². The molecule has 2 heterocycles. The number of carbonyl (C=O) groups excluding carboxylic acids is 1. The molecule has 0 bridgehead atoms. The summed E-state index contributed by atoms with van der Waals surface area (Å²) in [4.78, 5) is 16.7. The lowest BCUT2D eigenvalue weighted by atomic mass is 10.2. The highest BCUT2D eigenvalue weighted by atomic mass is 32.2. The molecule has 1 amide bonds. The van der Waals surface area contributed by atoms with Crippen molar-refractivity contribution in [2.24, 2.45) is 0 Å². The zero-order valence-electron chi connectivity index (χ0n) is 15.8. The van der Waals surface area contributed by atoms with E-state index >= 15 is 0 Å². The van der Waals surface area contributed by atoms with E-state index in [1.807, 2.05) is 0 Å². The Kier molecular flexibility index (Phi) is 6.05.